The van der Waals surface area contributed by atoms with Crippen molar-refractivity contribution in [3.05, 3.63) is 65.2 Å². The standard InChI is InChI=1S/C26H32N2O5/c1-5-17-33-21-13-9-19(10-14-21)24(29)22-23(18-7-11-20(32-4)12-8-18)28(26(31)25(22)30)16-6-15-27(2)3/h7-14,23,29H,5-6,15-17H2,1-4H3/b24-22+/t23-/m1/s1. The molecule has 0 saturated carbocycles. The molecule has 2 aromatic carbocycles. The van der Waals surface area contributed by atoms with Gasteiger partial charge in [-0.3, -0.25) is 9.59 Å². The Morgan fingerprint density at radius 3 is 2.24 bits per heavy atom. The number of benzene rings is 2. The van der Waals surface area contributed by atoms with Crippen molar-refractivity contribution in [2.45, 2.75) is 25.8 Å². The summed E-state index contributed by atoms with van der Waals surface area (Å²) >= 11 is 0. The Morgan fingerprint density at radius 1 is 1.03 bits per heavy atom. The number of aliphatic hydroxyl groups is 1. The zero-order chi connectivity index (χ0) is 24.0. The lowest BCUT2D eigenvalue weighted by atomic mass is 9.95. The molecule has 0 unspecified atom stereocenters. The molecule has 1 aliphatic rings. The third-order valence-corrected chi connectivity index (χ3v) is 5.58. The SMILES string of the molecule is CCCOc1ccc(/C(O)=C2\C(=O)C(=O)N(CCCN(C)C)[C@@H]2c2ccc(OC)cc2)cc1. The molecule has 7 nitrogen and oxygen atoms in total. The van der Waals surface area contributed by atoms with Gasteiger partial charge in [0, 0.05) is 12.1 Å². The van der Waals surface area contributed by atoms with E-state index in [1.807, 2.05) is 38.1 Å². The molecule has 2 aromatic rings. The van der Waals surface area contributed by atoms with Crippen LogP contribution in [-0.4, -0.2) is 67.5 Å². The summed E-state index contributed by atoms with van der Waals surface area (Å²) in [5.41, 5.74) is 1.30. The van der Waals surface area contributed by atoms with E-state index in [2.05, 4.69) is 0 Å². The van der Waals surface area contributed by atoms with Crippen molar-refractivity contribution >= 4 is 17.4 Å². The van der Waals surface area contributed by atoms with E-state index in [9.17, 15) is 14.7 Å². The van der Waals surface area contributed by atoms with Gasteiger partial charge in [-0.25, -0.2) is 0 Å². The first kappa shape index (κ1) is 24.3. The van der Waals surface area contributed by atoms with Gasteiger partial charge in [-0.05, 0) is 75.4 Å². The average molecular weight is 453 g/mol. The van der Waals surface area contributed by atoms with Crippen LogP contribution in [0.3, 0.4) is 0 Å². The zero-order valence-corrected chi connectivity index (χ0v) is 19.7. The molecule has 1 N–H and O–H groups in total. The number of hydrogen-bond donors (Lipinski definition) is 1. The Hall–Kier alpha value is -3.32. The van der Waals surface area contributed by atoms with E-state index < -0.39 is 17.7 Å². The molecule has 7 heteroatoms. The maximum Gasteiger partial charge on any atom is 0.295 e. The van der Waals surface area contributed by atoms with E-state index >= 15 is 0 Å². The second kappa shape index (κ2) is 11.0. The molecule has 0 aromatic heterocycles. The van der Waals surface area contributed by atoms with Gasteiger partial charge in [0.05, 0.1) is 25.3 Å². The Balaban J connectivity index is 2.01. The van der Waals surface area contributed by atoms with Crippen molar-refractivity contribution in [3.8, 4) is 11.5 Å². The molecule has 1 atom stereocenters. The summed E-state index contributed by atoms with van der Waals surface area (Å²) < 4.78 is 10.9. The summed E-state index contributed by atoms with van der Waals surface area (Å²) in [5.74, 6) is -0.106. The van der Waals surface area contributed by atoms with Crippen LogP contribution in [0.25, 0.3) is 5.76 Å². The highest BCUT2D eigenvalue weighted by molar-refractivity contribution is 6.46. The molecule has 176 valence electrons. The van der Waals surface area contributed by atoms with Gasteiger partial charge < -0.3 is 24.4 Å². The topological polar surface area (TPSA) is 79.3 Å². The summed E-state index contributed by atoms with van der Waals surface area (Å²) in [7, 11) is 5.50. The van der Waals surface area contributed by atoms with Gasteiger partial charge >= 0.3 is 0 Å². The van der Waals surface area contributed by atoms with E-state index in [-0.39, 0.29) is 11.3 Å². The van der Waals surface area contributed by atoms with E-state index in [1.165, 1.54) is 0 Å². The van der Waals surface area contributed by atoms with Crippen LogP contribution in [0.5, 0.6) is 11.5 Å². The number of methoxy groups -OCH3 is 1. The lowest BCUT2D eigenvalue weighted by molar-refractivity contribution is -0.139. The molecule has 1 heterocycles. The number of carbonyl (C=O) groups excluding carboxylic acids is 2. The molecule has 1 amide bonds. The monoisotopic (exact) mass is 452 g/mol. The average Bonchev–Trinajstić information content (AvgIpc) is 3.07. The predicted octanol–water partition coefficient (Wildman–Crippen LogP) is 3.86. The summed E-state index contributed by atoms with van der Waals surface area (Å²) in [6.07, 6.45) is 1.59. The van der Waals surface area contributed by atoms with Crippen LogP contribution in [-0.2, 0) is 9.59 Å². The fourth-order valence-corrected chi connectivity index (χ4v) is 3.89. The first-order valence-corrected chi connectivity index (χ1v) is 11.2. The van der Waals surface area contributed by atoms with Gasteiger partial charge in [0.15, 0.2) is 0 Å². The number of aliphatic hydroxyl groups excluding tert-OH is 1. The minimum absolute atomic E-state index is 0.0947. The number of hydrogen-bond acceptors (Lipinski definition) is 6. The van der Waals surface area contributed by atoms with Gasteiger partial charge in [0.25, 0.3) is 11.7 Å². The summed E-state index contributed by atoms with van der Waals surface area (Å²) in [6, 6.07) is 13.4. The van der Waals surface area contributed by atoms with Crippen molar-refractivity contribution in [2.75, 3.05) is 40.9 Å². The fourth-order valence-electron chi connectivity index (χ4n) is 3.89. The lowest BCUT2D eigenvalue weighted by Gasteiger charge is -2.26. The molecule has 1 saturated heterocycles. The van der Waals surface area contributed by atoms with Crippen molar-refractivity contribution in [1.29, 1.82) is 0 Å². The molecule has 33 heavy (non-hydrogen) atoms. The largest absolute Gasteiger partial charge is 0.507 e. The number of Topliss-reactive ketones (excluding diaryl/α,β-unsaturated/α-hetero) is 1. The number of amides is 1. The van der Waals surface area contributed by atoms with Crippen LogP contribution in [0.15, 0.2) is 54.1 Å². The summed E-state index contributed by atoms with van der Waals surface area (Å²) in [6.45, 7) is 3.80. The van der Waals surface area contributed by atoms with E-state index in [4.69, 9.17) is 9.47 Å². The van der Waals surface area contributed by atoms with Gasteiger partial charge in [0.1, 0.15) is 17.3 Å². The van der Waals surface area contributed by atoms with Crippen LogP contribution in [0.1, 0.15) is 36.9 Å². The molecule has 1 fully saturated rings. The van der Waals surface area contributed by atoms with Crippen molar-refractivity contribution < 1.29 is 24.2 Å². The highest BCUT2D eigenvalue weighted by Gasteiger charge is 2.45. The quantitative estimate of drug-likeness (QED) is 0.335. The number of nitrogens with zero attached hydrogens (tertiary/aromatic N) is 2. The second-order valence-corrected chi connectivity index (χ2v) is 8.30. The third-order valence-electron chi connectivity index (χ3n) is 5.58. The van der Waals surface area contributed by atoms with Gasteiger partial charge in [-0.15, -0.1) is 0 Å². The maximum atomic E-state index is 13.1. The number of likely N-dealkylation sites (tertiary alicyclic amines) is 1. The molecule has 0 spiro atoms. The Kier molecular flexibility index (Phi) is 8.11. The second-order valence-electron chi connectivity index (χ2n) is 8.30. The zero-order valence-electron chi connectivity index (χ0n) is 19.7. The van der Waals surface area contributed by atoms with Crippen LogP contribution in [0, 0.1) is 0 Å². The van der Waals surface area contributed by atoms with Crippen LogP contribution in [0.2, 0.25) is 0 Å². The van der Waals surface area contributed by atoms with E-state index in [1.54, 1.807) is 48.4 Å². The number of carbonyl (C=O) groups is 2. The highest BCUT2D eigenvalue weighted by Crippen LogP contribution is 2.40. The summed E-state index contributed by atoms with van der Waals surface area (Å²) in [4.78, 5) is 29.6. The van der Waals surface area contributed by atoms with Gasteiger partial charge in [-0.1, -0.05) is 19.1 Å². The molecule has 1 aliphatic heterocycles. The van der Waals surface area contributed by atoms with Crippen molar-refractivity contribution in [2.24, 2.45) is 0 Å². The highest BCUT2D eigenvalue weighted by atomic mass is 16.5. The van der Waals surface area contributed by atoms with Crippen LogP contribution < -0.4 is 9.47 Å². The van der Waals surface area contributed by atoms with Gasteiger partial charge in [0.2, 0.25) is 0 Å². The predicted molar refractivity (Wildman–Crippen MR) is 127 cm³/mol. The number of ketones is 1. The molecular formula is C26H32N2O5. The third kappa shape index (κ3) is 5.54. The number of ether oxygens (including phenoxy) is 2. The summed E-state index contributed by atoms with van der Waals surface area (Å²) in [5, 5.41) is 11.1. The molecule has 0 aliphatic carbocycles. The molecule has 0 bridgehead atoms. The molecule has 0 radical (unpaired) electrons. The first-order valence-electron chi connectivity index (χ1n) is 11.2. The Morgan fingerprint density at radius 2 is 1.67 bits per heavy atom. The Labute approximate surface area is 195 Å². The molecular weight excluding hydrogens is 420 g/mol. The van der Waals surface area contributed by atoms with Crippen molar-refractivity contribution in [3.63, 3.8) is 0 Å². The van der Waals surface area contributed by atoms with E-state index in [0.717, 1.165) is 18.5 Å². The normalized spacial score (nSPS) is 17.6. The smallest absolute Gasteiger partial charge is 0.295 e. The Bertz CT molecular complexity index is 996. The lowest BCUT2D eigenvalue weighted by Crippen LogP contribution is -2.32. The maximum absolute atomic E-state index is 13.1. The van der Waals surface area contributed by atoms with Crippen LogP contribution in [0.4, 0.5) is 0 Å². The van der Waals surface area contributed by atoms with Crippen molar-refractivity contribution in [1.82, 2.24) is 9.80 Å². The van der Waals surface area contributed by atoms with E-state index in [0.29, 0.717) is 36.6 Å². The minimum atomic E-state index is -0.676. The van der Waals surface area contributed by atoms with Crippen LogP contribution >= 0.6 is 0 Å². The first-order chi connectivity index (χ1) is 15.9. The minimum Gasteiger partial charge on any atom is -0.507 e. The van der Waals surface area contributed by atoms with Gasteiger partial charge in [-0.2, -0.15) is 0 Å². The fraction of sp³-hybridized carbons (Fsp3) is 0.385. The number of rotatable bonds is 10. The molecule has 3 rings (SSSR count).